The molecule has 1 aliphatic rings. The molecule has 2 aromatic rings. The first-order valence-electron chi connectivity index (χ1n) is 8.01. The average molecular weight is 311 g/mol. The molecule has 6 nitrogen and oxygen atoms in total. The second kappa shape index (κ2) is 7.67. The molecule has 6 heteroatoms. The van der Waals surface area contributed by atoms with Crippen molar-refractivity contribution >= 4 is 11.9 Å². The van der Waals surface area contributed by atoms with Gasteiger partial charge in [0.2, 0.25) is 11.9 Å². The molecule has 2 aromatic heterocycles. The highest BCUT2D eigenvalue weighted by Gasteiger charge is 2.22. The zero-order chi connectivity index (χ0) is 15.9. The van der Waals surface area contributed by atoms with Gasteiger partial charge in [0.25, 0.3) is 0 Å². The van der Waals surface area contributed by atoms with E-state index in [1.165, 1.54) is 0 Å². The van der Waals surface area contributed by atoms with Gasteiger partial charge in [-0.1, -0.05) is 0 Å². The Morgan fingerprint density at radius 3 is 2.78 bits per heavy atom. The summed E-state index contributed by atoms with van der Waals surface area (Å²) in [7, 11) is 0. The Morgan fingerprint density at radius 1 is 1.22 bits per heavy atom. The summed E-state index contributed by atoms with van der Waals surface area (Å²) in [6, 6.07) is 5.87. The number of hydrogen-bond acceptors (Lipinski definition) is 5. The van der Waals surface area contributed by atoms with Crippen LogP contribution in [-0.2, 0) is 11.2 Å². The second-order valence-electron chi connectivity index (χ2n) is 5.76. The van der Waals surface area contributed by atoms with Crippen LogP contribution in [0, 0.1) is 0 Å². The van der Waals surface area contributed by atoms with Gasteiger partial charge in [0.1, 0.15) is 0 Å². The van der Waals surface area contributed by atoms with E-state index >= 15 is 0 Å². The van der Waals surface area contributed by atoms with Gasteiger partial charge in [0.05, 0.1) is 0 Å². The number of aryl methyl sites for hydroxylation is 1. The van der Waals surface area contributed by atoms with E-state index in [4.69, 9.17) is 0 Å². The van der Waals surface area contributed by atoms with Gasteiger partial charge in [-0.05, 0) is 43.0 Å². The number of nitrogens with zero attached hydrogens (tertiary/aromatic N) is 4. The maximum atomic E-state index is 12.2. The van der Waals surface area contributed by atoms with E-state index in [9.17, 15) is 4.79 Å². The summed E-state index contributed by atoms with van der Waals surface area (Å²) in [5.74, 6) is 0.839. The standard InChI is InChI=1S/C17H21N5O/c23-16(5-4-14-6-10-18-11-7-14)21-15-3-1-12-22(13-15)17-19-8-2-9-20-17/h2,6-11,15H,1,3-5,12-13H2,(H,21,23)/t15-/m0/s1. The summed E-state index contributed by atoms with van der Waals surface area (Å²) >= 11 is 0. The van der Waals surface area contributed by atoms with E-state index in [0.29, 0.717) is 6.42 Å². The molecule has 23 heavy (non-hydrogen) atoms. The first kappa shape index (κ1) is 15.4. The van der Waals surface area contributed by atoms with Crippen molar-refractivity contribution in [2.24, 2.45) is 0 Å². The van der Waals surface area contributed by atoms with Gasteiger partial charge in [0, 0.05) is 50.3 Å². The van der Waals surface area contributed by atoms with Gasteiger partial charge in [-0.2, -0.15) is 0 Å². The summed E-state index contributed by atoms with van der Waals surface area (Å²) < 4.78 is 0. The lowest BCUT2D eigenvalue weighted by Gasteiger charge is -2.33. The summed E-state index contributed by atoms with van der Waals surface area (Å²) in [5, 5.41) is 3.14. The van der Waals surface area contributed by atoms with Crippen molar-refractivity contribution in [2.75, 3.05) is 18.0 Å². The highest BCUT2D eigenvalue weighted by molar-refractivity contribution is 5.76. The monoisotopic (exact) mass is 311 g/mol. The third kappa shape index (κ3) is 4.48. The summed E-state index contributed by atoms with van der Waals surface area (Å²) in [6.45, 7) is 1.71. The van der Waals surface area contributed by atoms with E-state index in [-0.39, 0.29) is 11.9 Å². The van der Waals surface area contributed by atoms with E-state index in [2.05, 4.69) is 25.2 Å². The molecule has 3 rings (SSSR count). The van der Waals surface area contributed by atoms with Crippen molar-refractivity contribution in [1.82, 2.24) is 20.3 Å². The number of pyridine rings is 1. The smallest absolute Gasteiger partial charge is 0.225 e. The number of carbonyl (C=O) groups excluding carboxylic acids is 1. The van der Waals surface area contributed by atoms with Gasteiger partial charge in [-0.15, -0.1) is 0 Å². The number of rotatable bonds is 5. The largest absolute Gasteiger partial charge is 0.352 e. The molecule has 120 valence electrons. The van der Waals surface area contributed by atoms with Crippen molar-refractivity contribution in [3.63, 3.8) is 0 Å². The lowest BCUT2D eigenvalue weighted by molar-refractivity contribution is -0.121. The zero-order valence-electron chi connectivity index (χ0n) is 13.1. The molecule has 0 aromatic carbocycles. The molecule has 1 saturated heterocycles. The summed E-state index contributed by atoms with van der Waals surface area (Å²) in [6.07, 6.45) is 10.3. The molecule has 0 bridgehead atoms. The van der Waals surface area contributed by atoms with Crippen LogP contribution in [0.5, 0.6) is 0 Å². The van der Waals surface area contributed by atoms with Gasteiger partial charge in [0.15, 0.2) is 0 Å². The van der Waals surface area contributed by atoms with Crippen LogP contribution in [0.25, 0.3) is 0 Å². The number of hydrogen-bond donors (Lipinski definition) is 1. The number of nitrogens with one attached hydrogen (secondary N) is 1. The highest BCUT2D eigenvalue weighted by atomic mass is 16.1. The number of aromatic nitrogens is 3. The molecule has 1 amide bonds. The highest BCUT2D eigenvalue weighted by Crippen LogP contribution is 2.15. The molecule has 1 fully saturated rings. The minimum atomic E-state index is 0.0997. The van der Waals surface area contributed by atoms with Gasteiger partial charge in [-0.25, -0.2) is 9.97 Å². The fourth-order valence-corrected chi connectivity index (χ4v) is 2.84. The molecule has 1 N–H and O–H groups in total. The predicted molar refractivity (Wildman–Crippen MR) is 88.0 cm³/mol. The van der Waals surface area contributed by atoms with Crippen molar-refractivity contribution in [1.29, 1.82) is 0 Å². The average Bonchev–Trinajstić information content (AvgIpc) is 2.62. The normalized spacial score (nSPS) is 17.7. The van der Waals surface area contributed by atoms with E-state index in [1.807, 2.05) is 18.2 Å². The molecular weight excluding hydrogens is 290 g/mol. The van der Waals surface area contributed by atoms with Crippen LogP contribution >= 0.6 is 0 Å². The van der Waals surface area contributed by atoms with Crippen LogP contribution in [0.1, 0.15) is 24.8 Å². The number of anilines is 1. The molecule has 0 saturated carbocycles. The predicted octanol–water partition coefficient (Wildman–Crippen LogP) is 1.59. The second-order valence-corrected chi connectivity index (χ2v) is 5.76. The Kier molecular flexibility index (Phi) is 5.13. The molecule has 0 spiro atoms. The fraction of sp³-hybridized carbons (Fsp3) is 0.412. The van der Waals surface area contributed by atoms with Crippen molar-refractivity contribution in [3.8, 4) is 0 Å². The zero-order valence-corrected chi connectivity index (χ0v) is 13.1. The van der Waals surface area contributed by atoms with Crippen LogP contribution in [0.4, 0.5) is 5.95 Å². The Labute approximate surface area is 136 Å². The fourth-order valence-electron chi connectivity index (χ4n) is 2.84. The Balaban J connectivity index is 1.48. The summed E-state index contributed by atoms with van der Waals surface area (Å²) in [5.41, 5.74) is 1.14. The van der Waals surface area contributed by atoms with Crippen LogP contribution in [0.15, 0.2) is 43.0 Å². The van der Waals surface area contributed by atoms with Crippen LogP contribution in [-0.4, -0.2) is 40.0 Å². The first-order valence-corrected chi connectivity index (χ1v) is 8.01. The lowest BCUT2D eigenvalue weighted by atomic mass is 10.1. The van der Waals surface area contributed by atoms with Crippen LogP contribution < -0.4 is 10.2 Å². The topological polar surface area (TPSA) is 71.0 Å². The van der Waals surface area contributed by atoms with E-state index in [0.717, 1.165) is 43.9 Å². The molecular formula is C17H21N5O. The SMILES string of the molecule is O=C(CCc1ccncc1)N[C@H]1CCCN(c2ncccn2)C1. The van der Waals surface area contributed by atoms with Crippen molar-refractivity contribution < 1.29 is 4.79 Å². The van der Waals surface area contributed by atoms with Gasteiger partial charge in [-0.3, -0.25) is 9.78 Å². The van der Waals surface area contributed by atoms with Crippen LogP contribution in [0.3, 0.4) is 0 Å². The molecule has 3 heterocycles. The van der Waals surface area contributed by atoms with Gasteiger partial charge < -0.3 is 10.2 Å². The molecule has 0 unspecified atom stereocenters. The molecule has 0 aliphatic carbocycles. The Bertz CT molecular complexity index is 619. The Morgan fingerprint density at radius 2 is 2.00 bits per heavy atom. The van der Waals surface area contributed by atoms with E-state index in [1.54, 1.807) is 24.8 Å². The number of amides is 1. The quantitative estimate of drug-likeness (QED) is 0.908. The van der Waals surface area contributed by atoms with Crippen LogP contribution in [0.2, 0.25) is 0 Å². The first-order chi connectivity index (χ1) is 11.3. The lowest BCUT2D eigenvalue weighted by Crippen LogP contribution is -2.48. The minimum Gasteiger partial charge on any atom is -0.352 e. The number of piperidine rings is 1. The summed E-state index contributed by atoms with van der Waals surface area (Å²) in [4.78, 5) is 26.8. The van der Waals surface area contributed by atoms with Gasteiger partial charge >= 0.3 is 0 Å². The van der Waals surface area contributed by atoms with E-state index < -0.39 is 0 Å². The maximum Gasteiger partial charge on any atom is 0.225 e. The molecule has 1 aliphatic heterocycles. The third-order valence-electron chi connectivity index (χ3n) is 4.01. The molecule has 0 radical (unpaired) electrons. The maximum absolute atomic E-state index is 12.2. The third-order valence-corrected chi connectivity index (χ3v) is 4.01. The Hall–Kier alpha value is -2.50. The molecule has 1 atom stereocenters. The minimum absolute atomic E-state index is 0.0997. The van der Waals surface area contributed by atoms with Crippen molar-refractivity contribution in [3.05, 3.63) is 48.5 Å². The number of carbonyl (C=O) groups is 1. The van der Waals surface area contributed by atoms with Crippen molar-refractivity contribution in [2.45, 2.75) is 31.7 Å².